The number of hydrogen-bond acceptors (Lipinski definition) is 4. The van der Waals surface area contributed by atoms with Gasteiger partial charge in [0.05, 0.1) is 16.9 Å². The zero-order valence-electron chi connectivity index (χ0n) is 34.7. The van der Waals surface area contributed by atoms with Crippen molar-refractivity contribution >= 4 is 81.9 Å². The normalized spacial score (nSPS) is 11.9. The molecule has 0 bridgehead atoms. The number of aromatic nitrogens is 4. The van der Waals surface area contributed by atoms with Gasteiger partial charge in [-0.15, -0.1) is 18.2 Å². The summed E-state index contributed by atoms with van der Waals surface area (Å²) in [7, 11) is 0. The van der Waals surface area contributed by atoms with E-state index in [0.29, 0.717) is 0 Å². The fraction of sp³-hybridized carbons (Fsp3) is 0.173. The molecule has 0 N–H and O–H groups in total. The molecule has 0 aliphatic heterocycles. The van der Waals surface area contributed by atoms with Gasteiger partial charge in [0.1, 0.15) is 4.83 Å². The van der Waals surface area contributed by atoms with Crippen LogP contribution in [-0.2, 0) is 25.5 Å². The molecule has 0 saturated heterocycles. The van der Waals surface area contributed by atoms with Crippen LogP contribution in [0.1, 0.15) is 37.6 Å². The number of thiophene rings is 1. The van der Waals surface area contributed by atoms with E-state index in [9.17, 15) is 0 Å². The predicted molar refractivity (Wildman–Crippen MR) is 251 cm³/mol. The third-order valence-corrected chi connectivity index (χ3v) is 16.7. The average Bonchev–Trinajstić information content (AvgIpc) is 3.78. The summed E-state index contributed by atoms with van der Waals surface area (Å²) in [4.78, 5) is 15.7. The molecule has 10 aromatic rings. The minimum absolute atomic E-state index is 0. The van der Waals surface area contributed by atoms with Gasteiger partial charge in [-0.3, -0.25) is 4.98 Å². The third-order valence-electron chi connectivity index (χ3n) is 11.1. The van der Waals surface area contributed by atoms with E-state index in [-0.39, 0.29) is 25.5 Å². The van der Waals surface area contributed by atoms with Crippen LogP contribution in [0.2, 0.25) is 17.3 Å². The van der Waals surface area contributed by atoms with Gasteiger partial charge in [0.25, 0.3) is 0 Å². The molecule has 0 aliphatic rings. The Morgan fingerprint density at radius 3 is 2.10 bits per heavy atom. The van der Waals surface area contributed by atoms with Crippen molar-refractivity contribution in [1.29, 1.82) is 0 Å². The van der Waals surface area contributed by atoms with Crippen LogP contribution in [-0.4, -0.2) is 32.8 Å². The van der Waals surface area contributed by atoms with E-state index >= 15 is 0 Å². The minimum Gasteiger partial charge on any atom is -0.333 e. The average molecular weight is 1020 g/mol. The molecule has 4 nitrogen and oxygen atoms in total. The van der Waals surface area contributed by atoms with Crippen molar-refractivity contribution in [2.75, 3.05) is 0 Å². The first-order valence-corrected chi connectivity index (χ1v) is 28.1. The van der Waals surface area contributed by atoms with Crippen molar-refractivity contribution in [3.05, 3.63) is 163 Å². The summed E-state index contributed by atoms with van der Waals surface area (Å²) in [6, 6.07) is 51.9. The van der Waals surface area contributed by atoms with Gasteiger partial charge in [-0.2, -0.15) is 11.3 Å². The maximum absolute atomic E-state index is 5.09. The molecular formula is C52H46GeIrN4S-2. The molecule has 0 unspecified atom stereocenters. The predicted octanol–water partition coefficient (Wildman–Crippen LogP) is 13.6. The summed E-state index contributed by atoms with van der Waals surface area (Å²) in [5, 5.41) is 7.44. The van der Waals surface area contributed by atoms with E-state index in [0.717, 1.165) is 49.9 Å². The first kappa shape index (κ1) is 40.8. The van der Waals surface area contributed by atoms with Crippen LogP contribution in [0, 0.1) is 26.0 Å². The number of fused-ring (bicyclic) bond motifs is 7. The topological polar surface area (TPSA) is 43.6 Å². The number of imidazole rings is 1. The van der Waals surface area contributed by atoms with Crippen LogP contribution >= 0.6 is 11.3 Å². The molecule has 1 radical (unpaired) electrons. The van der Waals surface area contributed by atoms with Crippen LogP contribution in [0.5, 0.6) is 0 Å². The fourth-order valence-electron chi connectivity index (χ4n) is 8.12. The Morgan fingerprint density at radius 2 is 1.36 bits per heavy atom. The Morgan fingerprint density at radius 1 is 0.661 bits per heavy atom. The monoisotopic (exact) mass is 1030 g/mol. The minimum atomic E-state index is -1.88. The van der Waals surface area contributed by atoms with E-state index in [4.69, 9.17) is 15.0 Å². The molecule has 0 fully saturated rings. The number of para-hydroxylation sites is 2. The Balaban J connectivity index is 0.000000168. The van der Waals surface area contributed by atoms with Gasteiger partial charge in [0, 0.05) is 31.5 Å². The maximum atomic E-state index is 5.09. The largest absolute Gasteiger partial charge is 0.333 e. The number of hydrogen-bond donors (Lipinski definition) is 0. The molecule has 0 aliphatic carbocycles. The zero-order chi connectivity index (χ0) is 40.3. The van der Waals surface area contributed by atoms with E-state index in [1.54, 1.807) is 11.3 Å². The number of aryl methyl sites for hydroxylation is 2. The molecule has 0 spiro atoms. The van der Waals surface area contributed by atoms with Gasteiger partial charge < -0.3 is 4.57 Å². The fourth-order valence-corrected chi connectivity index (χ4v) is 12.9. The molecular weight excluding hydrogens is 977 g/mol. The molecule has 59 heavy (non-hydrogen) atoms. The van der Waals surface area contributed by atoms with Gasteiger partial charge in [0.15, 0.2) is 0 Å². The Labute approximate surface area is 367 Å². The second-order valence-electron chi connectivity index (χ2n) is 17.3. The molecule has 0 amide bonds. The zero-order valence-corrected chi connectivity index (χ0v) is 40.0. The molecule has 0 saturated carbocycles. The van der Waals surface area contributed by atoms with Gasteiger partial charge in [0.2, 0.25) is 0 Å². The second kappa shape index (κ2) is 15.9. The van der Waals surface area contributed by atoms with Crippen molar-refractivity contribution in [2.45, 2.75) is 57.3 Å². The SMILES string of the molecule is Cc1cc(-c2[c-]ccc3c2ccc2ccccc23)nc[c]1[Ge]([CH3])([CH3])[CH3].Cc1ccc2c(n1)sc1c(-c3nc4ccccc4n3-c3ccc(C(C)(C)C)cc3)[c-]ccc12.[Ir]. The van der Waals surface area contributed by atoms with Crippen molar-refractivity contribution in [1.82, 2.24) is 19.5 Å². The van der Waals surface area contributed by atoms with Crippen molar-refractivity contribution < 1.29 is 20.1 Å². The molecule has 10 rings (SSSR count). The van der Waals surface area contributed by atoms with Crippen LogP contribution < -0.4 is 4.40 Å². The summed E-state index contributed by atoms with van der Waals surface area (Å²) in [6.07, 6.45) is 2.11. The quantitative estimate of drug-likeness (QED) is 0.100. The summed E-state index contributed by atoms with van der Waals surface area (Å²) < 4.78 is 4.92. The Bertz CT molecular complexity index is 3170. The van der Waals surface area contributed by atoms with Crippen LogP contribution in [0.15, 0.2) is 134 Å². The van der Waals surface area contributed by atoms with Crippen molar-refractivity contribution in [3.8, 4) is 28.3 Å². The number of rotatable bonds is 4. The molecule has 7 heteroatoms. The second-order valence-corrected chi connectivity index (χ2v) is 28.9. The molecule has 6 aromatic carbocycles. The number of benzene rings is 6. The van der Waals surface area contributed by atoms with Crippen molar-refractivity contribution in [3.63, 3.8) is 0 Å². The molecule has 4 heterocycles. The molecule has 0 atom stereocenters. The van der Waals surface area contributed by atoms with Gasteiger partial charge in [-0.1, -0.05) is 62.1 Å². The smallest absolute Gasteiger partial charge is 0.113 e. The molecule has 295 valence electrons. The number of nitrogens with zero attached hydrogens (tertiary/aromatic N) is 4. The summed E-state index contributed by atoms with van der Waals surface area (Å²) >= 11 is -0.158. The standard InChI is InChI=1S/C29H24N3S.C23H22GeN.Ir/c1-18-12-17-22-21-8-7-9-23(26(21)33-28(22)30-18)27-31-24-10-5-6-11-25(24)32(27)20-15-13-19(14-16-20)29(2,3)4;1-16-14-23(25-15-22(16)24(2,3)4)21-11-7-10-19-18-9-6-5-8-17(18)12-13-20(19)21;/h5-8,10-17H,1-4H3;5-10,12-15H,1-4H3;/q2*-1;. The Hall–Kier alpha value is -4.98. The van der Waals surface area contributed by atoms with E-state index in [2.05, 4.69) is 177 Å². The van der Waals surface area contributed by atoms with E-state index < -0.39 is 13.3 Å². The van der Waals surface area contributed by atoms with Gasteiger partial charge >= 0.3 is 152 Å². The Kier molecular flexibility index (Phi) is 11.0. The van der Waals surface area contributed by atoms with Gasteiger partial charge in [-0.25, -0.2) is 4.98 Å². The van der Waals surface area contributed by atoms with Gasteiger partial charge in [-0.05, 0) is 58.3 Å². The van der Waals surface area contributed by atoms with Crippen LogP contribution in [0.25, 0.3) is 81.2 Å². The van der Waals surface area contributed by atoms with E-state index in [1.165, 1.54) is 52.5 Å². The third kappa shape index (κ3) is 7.68. The first-order chi connectivity index (χ1) is 27.8. The summed E-state index contributed by atoms with van der Waals surface area (Å²) in [6.45, 7) is 11.0. The molecule has 4 aromatic heterocycles. The summed E-state index contributed by atoms with van der Waals surface area (Å²) in [5.41, 5.74) is 10.1. The van der Waals surface area contributed by atoms with Crippen LogP contribution in [0.3, 0.4) is 0 Å². The summed E-state index contributed by atoms with van der Waals surface area (Å²) in [5.74, 6) is 8.16. The maximum Gasteiger partial charge on any atom is 0.113 e. The number of pyridine rings is 2. The van der Waals surface area contributed by atoms with Crippen molar-refractivity contribution in [2.24, 2.45) is 0 Å². The van der Waals surface area contributed by atoms with E-state index in [1.807, 2.05) is 25.1 Å². The first-order valence-electron chi connectivity index (χ1n) is 19.9. The van der Waals surface area contributed by atoms with Crippen LogP contribution in [0.4, 0.5) is 0 Å².